The standard InChI is InChI=1S/C14H17FN2S2/c1-10-14(19-9-17-10)7-16-6-11-3-4-13(15)5-12(11)8-18-2/h3-5,9,16H,6-8H2,1-2H3. The minimum atomic E-state index is -0.161. The van der Waals surface area contributed by atoms with E-state index in [0.717, 1.165) is 35.7 Å². The Morgan fingerprint density at radius 1 is 1.32 bits per heavy atom. The molecule has 0 aliphatic heterocycles. The van der Waals surface area contributed by atoms with Crippen LogP contribution in [0.25, 0.3) is 0 Å². The van der Waals surface area contributed by atoms with Crippen molar-refractivity contribution in [1.82, 2.24) is 10.3 Å². The number of nitrogens with one attached hydrogen (secondary N) is 1. The van der Waals surface area contributed by atoms with Gasteiger partial charge in [-0.05, 0) is 36.4 Å². The van der Waals surface area contributed by atoms with E-state index in [1.807, 2.05) is 24.8 Å². The molecule has 0 bridgehead atoms. The van der Waals surface area contributed by atoms with Gasteiger partial charge in [0.25, 0.3) is 0 Å². The number of benzene rings is 1. The summed E-state index contributed by atoms with van der Waals surface area (Å²) in [5, 5.41) is 3.40. The summed E-state index contributed by atoms with van der Waals surface area (Å²) in [6, 6.07) is 5.03. The number of thiazole rings is 1. The molecule has 0 aliphatic rings. The molecule has 1 heterocycles. The minimum Gasteiger partial charge on any atom is -0.308 e. The van der Waals surface area contributed by atoms with Crippen molar-refractivity contribution in [2.45, 2.75) is 25.8 Å². The molecule has 0 spiro atoms. The fourth-order valence-electron chi connectivity index (χ4n) is 1.86. The average molecular weight is 296 g/mol. The second-order valence-electron chi connectivity index (χ2n) is 4.31. The van der Waals surface area contributed by atoms with Crippen molar-refractivity contribution in [2.75, 3.05) is 6.26 Å². The number of rotatable bonds is 6. The smallest absolute Gasteiger partial charge is 0.123 e. The zero-order chi connectivity index (χ0) is 13.7. The van der Waals surface area contributed by atoms with Crippen molar-refractivity contribution >= 4 is 23.1 Å². The third kappa shape index (κ3) is 4.03. The summed E-state index contributed by atoms with van der Waals surface area (Å²) in [5.74, 6) is 0.681. The first-order chi connectivity index (χ1) is 9.20. The molecule has 0 saturated heterocycles. The lowest BCUT2D eigenvalue weighted by atomic mass is 10.1. The van der Waals surface area contributed by atoms with Crippen LogP contribution in [-0.2, 0) is 18.8 Å². The first kappa shape index (κ1) is 14.5. The maximum absolute atomic E-state index is 13.2. The second-order valence-corrected chi connectivity index (χ2v) is 6.12. The Bertz CT molecular complexity index is 540. The van der Waals surface area contributed by atoms with Gasteiger partial charge in [-0.25, -0.2) is 9.37 Å². The first-order valence-electron chi connectivity index (χ1n) is 6.06. The Morgan fingerprint density at radius 3 is 2.84 bits per heavy atom. The van der Waals surface area contributed by atoms with E-state index in [1.165, 1.54) is 10.9 Å². The molecule has 102 valence electrons. The Balaban J connectivity index is 1.97. The molecule has 2 aromatic rings. The molecule has 5 heteroatoms. The zero-order valence-electron chi connectivity index (χ0n) is 11.1. The first-order valence-corrected chi connectivity index (χ1v) is 8.34. The number of aryl methyl sites for hydroxylation is 1. The highest BCUT2D eigenvalue weighted by molar-refractivity contribution is 7.97. The monoisotopic (exact) mass is 296 g/mol. The summed E-state index contributed by atoms with van der Waals surface area (Å²) in [6.07, 6.45) is 2.03. The molecule has 0 unspecified atom stereocenters. The molecule has 0 fully saturated rings. The van der Waals surface area contributed by atoms with E-state index in [2.05, 4.69) is 10.3 Å². The molecule has 0 aliphatic carbocycles. The van der Waals surface area contributed by atoms with Crippen LogP contribution in [0.15, 0.2) is 23.7 Å². The molecule has 0 amide bonds. The molecule has 1 N–H and O–H groups in total. The Kier molecular flexibility index (Phi) is 5.36. The van der Waals surface area contributed by atoms with Crippen LogP contribution < -0.4 is 5.32 Å². The molecule has 1 aromatic carbocycles. The van der Waals surface area contributed by atoms with Gasteiger partial charge in [-0.15, -0.1) is 11.3 Å². The van der Waals surface area contributed by atoms with Crippen LogP contribution in [0.2, 0.25) is 0 Å². The molecular weight excluding hydrogens is 279 g/mol. The second kappa shape index (κ2) is 7.03. The maximum Gasteiger partial charge on any atom is 0.123 e. The maximum atomic E-state index is 13.2. The number of aromatic nitrogens is 1. The highest BCUT2D eigenvalue weighted by Gasteiger charge is 2.05. The summed E-state index contributed by atoms with van der Waals surface area (Å²) in [7, 11) is 0. The van der Waals surface area contributed by atoms with Gasteiger partial charge in [-0.3, -0.25) is 0 Å². The number of hydrogen-bond acceptors (Lipinski definition) is 4. The molecule has 1 aromatic heterocycles. The lowest BCUT2D eigenvalue weighted by Gasteiger charge is -2.10. The Hall–Kier alpha value is -0.910. The Morgan fingerprint density at radius 2 is 2.16 bits per heavy atom. The molecule has 0 radical (unpaired) electrons. The molecular formula is C14H17FN2S2. The van der Waals surface area contributed by atoms with Crippen LogP contribution >= 0.6 is 23.1 Å². The Labute approximate surface area is 121 Å². The van der Waals surface area contributed by atoms with Crippen molar-refractivity contribution in [1.29, 1.82) is 0 Å². The van der Waals surface area contributed by atoms with Crippen molar-refractivity contribution < 1.29 is 4.39 Å². The largest absolute Gasteiger partial charge is 0.308 e. The van der Waals surface area contributed by atoms with Crippen molar-refractivity contribution in [3.63, 3.8) is 0 Å². The van der Waals surface area contributed by atoms with Gasteiger partial charge in [-0.1, -0.05) is 6.07 Å². The quantitative estimate of drug-likeness (QED) is 0.879. The summed E-state index contributed by atoms with van der Waals surface area (Å²) in [6.45, 7) is 3.59. The minimum absolute atomic E-state index is 0.161. The van der Waals surface area contributed by atoms with E-state index < -0.39 is 0 Å². The SMILES string of the molecule is CSCc1cc(F)ccc1CNCc1scnc1C. The summed E-state index contributed by atoms with van der Waals surface area (Å²) < 4.78 is 13.2. The third-order valence-corrected chi connectivity index (χ3v) is 4.45. The van der Waals surface area contributed by atoms with Gasteiger partial charge in [0.05, 0.1) is 11.2 Å². The van der Waals surface area contributed by atoms with Gasteiger partial charge in [0.1, 0.15) is 5.82 Å². The van der Waals surface area contributed by atoms with E-state index >= 15 is 0 Å². The van der Waals surface area contributed by atoms with Gasteiger partial charge in [0, 0.05) is 23.7 Å². The van der Waals surface area contributed by atoms with Gasteiger partial charge in [0.15, 0.2) is 0 Å². The van der Waals surface area contributed by atoms with E-state index in [0.29, 0.717) is 0 Å². The van der Waals surface area contributed by atoms with Crippen molar-refractivity contribution in [2.24, 2.45) is 0 Å². The van der Waals surface area contributed by atoms with Gasteiger partial charge < -0.3 is 5.32 Å². The highest BCUT2D eigenvalue weighted by atomic mass is 32.2. The van der Waals surface area contributed by atoms with Crippen LogP contribution in [-0.4, -0.2) is 11.2 Å². The molecule has 19 heavy (non-hydrogen) atoms. The summed E-state index contributed by atoms with van der Waals surface area (Å²) in [5.41, 5.74) is 5.18. The normalized spacial score (nSPS) is 10.9. The lowest BCUT2D eigenvalue weighted by Crippen LogP contribution is -2.14. The number of hydrogen-bond donors (Lipinski definition) is 1. The molecule has 2 nitrogen and oxygen atoms in total. The van der Waals surface area contributed by atoms with Crippen LogP contribution in [0.5, 0.6) is 0 Å². The van der Waals surface area contributed by atoms with Crippen LogP contribution in [0.1, 0.15) is 21.7 Å². The van der Waals surface area contributed by atoms with Crippen LogP contribution in [0, 0.1) is 12.7 Å². The van der Waals surface area contributed by atoms with Crippen molar-refractivity contribution in [3.8, 4) is 0 Å². The van der Waals surface area contributed by atoms with Gasteiger partial charge in [-0.2, -0.15) is 11.8 Å². The average Bonchev–Trinajstić information content (AvgIpc) is 2.78. The third-order valence-electron chi connectivity index (χ3n) is 2.91. The fourth-order valence-corrected chi connectivity index (χ4v) is 3.19. The number of halogens is 1. The molecule has 0 saturated carbocycles. The topological polar surface area (TPSA) is 24.9 Å². The highest BCUT2D eigenvalue weighted by Crippen LogP contribution is 2.17. The molecule has 2 rings (SSSR count). The van der Waals surface area contributed by atoms with E-state index in [9.17, 15) is 4.39 Å². The van der Waals surface area contributed by atoms with Gasteiger partial charge >= 0.3 is 0 Å². The predicted molar refractivity (Wildman–Crippen MR) is 81.0 cm³/mol. The fraction of sp³-hybridized carbons (Fsp3) is 0.357. The van der Waals surface area contributed by atoms with E-state index in [1.54, 1.807) is 29.2 Å². The van der Waals surface area contributed by atoms with Gasteiger partial charge in [0.2, 0.25) is 0 Å². The number of thioether (sulfide) groups is 1. The molecule has 0 atom stereocenters. The van der Waals surface area contributed by atoms with Crippen molar-refractivity contribution in [3.05, 3.63) is 51.2 Å². The summed E-state index contributed by atoms with van der Waals surface area (Å²) >= 11 is 3.37. The van der Waals surface area contributed by atoms with Crippen LogP contribution in [0.3, 0.4) is 0 Å². The predicted octanol–water partition coefficient (Wildman–Crippen LogP) is 3.74. The summed E-state index contributed by atoms with van der Waals surface area (Å²) in [4.78, 5) is 5.48. The lowest BCUT2D eigenvalue weighted by molar-refractivity contribution is 0.623. The van der Waals surface area contributed by atoms with Crippen LogP contribution in [0.4, 0.5) is 4.39 Å². The number of nitrogens with zero attached hydrogens (tertiary/aromatic N) is 1. The van der Waals surface area contributed by atoms with E-state index in [4.69, 9.17) is 0 Å². The van der Waals surface area contributed by atoms with E-state index in [-0.39, 0.29) is 5.82 Å². The zero-order valence-corrected chi connectivity index (χ0v) is 12.7.